The molecule has 0 saturated carbocycles. The molecule has 0 unspecified atom stereocenters. The smallest absolute Gasteiger partial charge is 0.270 e. The number of amides is 1. The van der Waals surface area contributed by atoms with Gasteiger partial charge in [0.05, 0.1) is 16.1 Å². The first-order chi connectivity index (χ1) is 12.8. The molecule has 138 valence electrons. The molecular formula is C18H14ClN3O3S2. The fraction of sp³-hybridized carbons (Fsp3) is 0.111. The molecule has 1 amide bonds. The van der Waals surface area contributed by atoms with Crippen LogP contribution in [0.15, 0.2) is 53.6 Å². The first-order valence-electron chi connectivity index (χ1n) is 8.03. The molecule has 2 aromatic carbocycles. The van der Waals surface area contributed by atoms with Crippen molar-refractivity contribution in [2.45, 2.75) is 11.3 Å². The van der Waals surface area contributed by atoms with Crippen molar-refractivity contribution in [3.05, 3.63) is 64.1 Å². The van der Waals surface area contributed by atoms with Crippen LogP contribution >= 0.6 is 22.9 Å². The number of nitrogens with zero attached hydrogens (tertiary/aromatic N) is 2. The van der Waals surface area contributed by atoms with Gasteiger partial charge in [0, 0.05) is 17.8 Å². The van der Waals surface area contributed by atoms with Gasteiger partial charge in [0.15, 0.2) is 0 Å². The molecule has 1 aliphatic heterocycles. The number of primary sulfonamides is 1. The van der Waals surface area contributed by atoms with Crippen LogP contribution in [0.2, 0.25) is 5.02 Å². The molecule has 0 spiro atoms. The maximum Gasteiger partial charge on any atom is 0.270 e. The van der Waals surface area contributed by atoms with Gasteiger partial charge in [-0.2, -0.15) is 0 Å². The van der Waals surface area contributed by atoms with Crippen molar-refractivity contribution in [2.75, 3.05) is 11.4 Å². The molecule has 0 saturated heterocycles. The summed E-state index contributed by atoms with van der Waals surface area (Å²) in [6.45, 7) is 0.474. The summed E-state index contributed by atoms with van der Waals surface area (Å²) in [6, 6.07) is 11.9. The molecule has 0 aliphatic carbocycles. The van der Waals surface area contributed by atoms with Gasteiger partial charge in [-0.05, 0) is 30.2 Å². The van der Waals surface area contributed by atoms with Gasteiger partial charge < -0.3 is 4.90 Å². The number of aromatic nitrogens is 1. The highest BCUT2D eigenvalue weighted by atomic mass is 35.5. The Kier molecular flexibility index (Phi) is 4.51. The van der Waals surface area contributed by atoms with Crippen molar-refractivity contribution >= 4 is 44.6 Å². The van der Waals surface area contributed by atoms with Gasteiger partial charge in [-0.1, -0.05) is 35.9 Å². The van der Waals surface area contributed by atoms with E-state index >= 15 is 0 Å². The lowest BCUT2D eigenvalue weighted by Crippen LogP contribution is -2.28. The molecule has 0 atom stereocenters. The Bertz CT molecular complexity index is 1160. The maximum atomic E-state index is 13.0. The molecule has 27 heavy (non-hydrogen) atoms. The number of sulfonamides is 1. The average molecular weight is 420 g/mol. The van der Waals surface area contributed by atoms with Crippen LogP contribution in [0.4, 0.5) is 5.69 Å². The Morgan fingerprint density at radius 1 is 1.22 bits per heavy atom. The number of halogens is 1. The lowest BCUT2D eigenvalue weighted by molar-refractivity contribution is 0.0993. The Morgan fingerprint density at radius 3 is 2.74 bits per heavy atom. The van der Waals surface area contributed by atoms with Gasteiger partial charge in [-0.15, -0.1) is 11.3 Å². The Labute approximate surface area is 165 Å². The van der Waals surface area contributed by atoms with E-state index in [0.717, 1.165) is 11.1 Å². The zero-order chi connectivity index (χ0) is 19.2. The second kappa shape index (κ2) is 6.72. The monoisotopic (exact) mass is 419 g/mol. The van der Waals surface area contributed by atoms with E-state index in [1.165, 1.54) is 29.7 Å². The molecular weight excluding hydrogens is 406 g/mol. The van der Waals surface area contributed by atoms with Crippen LogP contribution in [0, 0.1) is 0 Å². The topological polar surface area (TPSA) is 93.4 Å². The third kappa shape index (κ3) is 3.37. The van der Waals surface area contributed by atoms with Crippen LogP contribution in [-0.2, 0) is 16.4 Å². The molecule has 4 rings (SSSR count). The third-order valence-corrected chi connectivity index (χ3v) is 6.61. The molecule has 6 nitrogen and oxygen atoms in total. The van der Waals surface area contributed by atoms with E-state index in [2.05, 4.69) is 4.98 Å². The molecule has 1 aliphatic rings. The van der Waals surface area contributed by atoms with E-state index in [1.54, 1.807) is 17.0 Å². The van der Waals surface area contributed by atoms with E-state index in [0.29, 0.717) is 33.6 Å². The van der Waals surface area contributed by atoms with E-state index in [1.807, 2.05) is 18.2 Å². The molecule has 0 bridgehead atoms. The molecule has 9 heteroatoms. The molecule has 1 aromatic heterocycles. The van der Waals surface area contributed by atoms with Crippen LogP contribution in [0.25, 0.3) is 10.6 Å². The highest BCUT2D eigenvalue weighted by Crippen LogP contribution is 2.35. The minimum atomic E-state index is -3.84. The van der Waals surface area contributed by atoms with Gasteiger partial charge in [0.1, 0.15) is 9.88 Å². The zero-order valence-corrected chi connectivity index (χ0v) is 16.3. The largest absolute Gasteiger partial charge is 0.307 e. The fourth-order valence-electron chi connectivity index (χ4n) is 3.01. The molecule has 2 heterocycles. The second-order valence-electron chi connectivity index (χ2n) is 6.05. The average Bonchev–Trinajstić information content (AvgIpc) is 3.27. The SMILES string of the molecule is NS(=O)(=O)c1ccc2c(c1)N(C(=O)c1cnc(-c3ccccc3Cl)s1)CC2. The van der Waals surface area contributed by atoms with Crippen molar-refractivity contribution in [3.8, 4) is 10.6 Å². The number of fused-ring (bicyclic) bond motifs is 1. The number of hydrogen-bond acceptors (Lipinski definition) is 5. The molecule has 0 fully saturated rings. The summed E-state index contributed by atoms with van der Waals surface area (Å²) in [7, 11) is -3.84. The predicted octanol–water partition coefficient (Wildman–Crippen LogP) is 3.31. The van der Waals surface area contributed by atoms with Gasteiger partial charge >= 0.3 is 0 Å². The van der Waals surface area contributed by atoms with E-state index < -0.39 is 10.0 Å². The summed E-state index contributed by atoms with van der Waals surface area (Å²) in [5.74, 6) is -0.226. The Balaban J connectivity index is 1.67. The Hall–Kier alpha value is -2.26. The lowest BCUT2D eigenvalue weighted by atomic mass is 10.2. The first-order valence-corrected chi connectivity index (χ1v) is 10.8. The predicted molar refractivity (Wildman–Crippen MR) is 106 cm³/mol. The number of rotatable bonds is 3. The molecule has 0 radical (unpaired) electrons. The van der Waals surface area contributed by atoms with Crippen LogP contribution < -0.4 is 10.0 Å². The molecule has 2 N–H and O–H groups in total. The van der Waals surface area contributed by atoms with E-state index in [-0.39, 0.29) is 10.8 Å². The summed E-state index contributed by atoms with van der Waals surface area (Å²) in [4.78, 5) is 19.3. The van der Waals surface area contributed by atoms with Crippen molar-refractivity contribution in [1.82, 2.24) is 4.98 Å². The highest BCUT2D eigenvalue weighted by molar-refractivity contribution is 7.89. The van der Waals surface area contributed by atoms with Crippen LogP contribution in [0.5, 0.6) is 0 Å². The van der Waals surface area contributed by atoms with E-state index in [4.69, 9.17) is 16.7 Å². The van der Waals surface area contributed by atoms with Crippen molar-refractivity contribution < 1.29 is 13.2 Å². The van der Waals surface area contributed by atoms with Gasteiger partial charge in [0.25, 0.3) is 5.91 Å². The number of nitrogens with two attached hydrogens (primary N) is 1. The zero-order valence-electron chi connectivity index (χ0n) is 13.9. The van der Waals surface area contributed by atoms with Gasteiger partial charge in [0.2, 0.25) is 10.0 Å². The summed E-state index contributed by atoms with van der Waals surface area (Å²) in [5, 5.41) is 6.43. The van der Waals surface area contributed by atoms with Gasteiger partial charge in [-0.25, -0.2) is 18.5 Å². The summed E-state index contributed by atoms with van der Waals surface area (Å²) in [6.07, 6.45) is 2.18. The van der Waals surface area contributed by atoms with Gasteiger partial charge in [-0.3, -0.25) is 4.79 Å². The van der Waals surface area contributed by atoms with Crippen molar-refractivity contribution in [2.24, 2.45) is 5.14 Å². The maximum absolute atomic E-state index is 13.0. The summed E-state index contributed by atoms with van der Waals surface area (Å²) in [5.41, 5.74) is 2.24. The fourth-order valence-corrected chi connectivity index (χ4v) is 4.73. The minimum Gasteiger partial charge on any atom is -0.307 e. The first kappa shape index (κ1) is 18.1. The van der Waals surface area contributed by atoms with Crippen LogP contribution in [-0.4, -0.2) is 25.9 Å². The van der Waals surface area contributed by atoms with E-state index in [9.17, 15) is 13.2 Å². The Morgan fingerprint density at radius 2 is 2.00 bits per heavy atom. The lowest BCUT2D eigenvalue weighted by Gasteiger charge is -2.16. The third-order valence-electron chi connectivity index (χ3n) is 4.35. The number of hydrogen-bond donors (Lipinski definition) is 1. The number of carbonyl (C=O) groups excluding carboxylic acids is 1. The van der Waals surface area contributed by atoms with Crippen molar-refractivity contribution in [3.63, 3.8) is 0 Å². The number of carbonyl (C=O) groups is 1. The van der Waals surface area contributed by atoms with Crippen molar-refractivity contribution in [1.29, 1.82) is 0 Å². The molecule has 3 aromatic rings. The number of anilines is 1. The quantitative estimate of drug-likeness (QED) is 0.704. The van der Waals surface area contributed by atoms with Crippen LogP contribution in [0.3, 0.4) is 0 Å². The minimum absolute atomic E-state index is 0.0120. The van der Waals surface area contributed by atoms with Crippen LogP contribution in [0.1, 0.15) is 15.2 Å². The summed E-state index contributed by atoms with van der Waals surface area (Å²) >= 11 is 7.45. The highest BCUT2D eigenvalue weighted by Gasteiger charge is 2.28. The summed E-state index contributed by atoms with van der Waals surface area (Å²) < 4.78 is 23.3. The standard InChI is InChI=1S/C18H14ClN3O3S2/c19-14-4-2-1-3-13(14)17-21-10-16(26-17)18(23)22-8-7-11-5-6-12(9-15(11)22)27(20,24)25/h1-6,9-10H,7-8H2,(H2,20,24,25). The number of benzene rings is 2. The second-order valence-corrected chi connectivity index (χ2v) is 9.05. The number of thiazole rings is 1. The normalized spacial score (nSPS) is 13.6.